The number of nitrogens with zero attached hydrogens (tertiary/aromatic N) is 4. The molecule has 0 spiro atoms. The number of alkyl halides is 3. The van der Waals surface area contributed by atoms with Crippen LogP contribution in [0.1, 0.15) is 63.0 Å². The second-order valence-corrected chi connectivity index (χ2v) is 9.66. The Morgan fingerprint density at radius 3 is 2.58 bits per heavy atom. The fourth-order valence-electron chi connectivity index (χ4n) is 3.68. The molecule has 0 aromatic carbocycles. The highest BCUT2D eigenvalue weighted by Gasteiger charge is 2.34. The summed E-state index contributed by atoms with van der Waals surface area (Å²) >= 11 is 6.56. The van der Waals surface area contributed by atoms with Crippen LogP contribution in [0.2, 0.25) is 5.02 Å². The molecule has 4 heterocycles. The van der Waals surface area contributed by atoms with Crippen LogP contribution in [0, 0.1) is 0 Å². The van der Waals surface area contributed by atoms with Gasteiger partial charge in [0.1, 0.15) is 27.2 Å². The molecule has 8 nitrogen and oxygen atoms in total. The van der Waals surface area contributed by atoms with Gasteiger partial charge < -0.3 is 15.5 Å². The van der Waals surface area contributed by atoms with Crippen molar-refractivity contribution >= 4 is 46.4 Å². The number of amides is 2. The molecule has 4 rings (SSSR count). The Morgan fingerprint density at radius 1 is 1.11 bits per heavy atom. The van der Waals surface area contributed by atoms with Gasteiger partial charge in [0, 0.05) is 19.3 Å². The molecular weight excluding hydrogens is 517 g/mol. The third-order valence-electron chi connectivity index (χ3n) is 5.51. The first-order valence-electron chi connectivity index (χ1n) is 11.1. The first kappa shape index (κ1) is 25.8. The molecule has 190 valence electrons. The van der Waals surface area contributed by atoms with Gasteiger partial charge in [-0.25, -0.2) is 15.0 Å². The molecule has 1 aliphatic rings. The summed E-state index contributed by atoms with van der Waals surface area (Å²) in [5.41, 5.74) is -0.831. The molecule has 1 aliphatic heterocycles. The van der Waals surface area contributed by atoms with Crippen LogP contribution >= 0.6 is 22.9 Å². The van der Waals surface area contributed by atoms with Crippen molar-refractivity contribution in [3.63, 3.8) is 0 Å². The van der Waals surface area contributed by atoms with E-state index in [1.54, 1.807) is 19.1 Å². The summed E-state index contributed by atoms with van der Waals surface area (Å²) in [6.45, 7) is 3.52. The third kappa shape index (κ3) is 6.11. The minimum atomic E-state index is -4.69. The van der Waals surface area contributed by atoms with Crippen molar-refractivity contribution in [1.82, 2.24) is 20.3 Å². The van der Waals surface area contributed by atoms with Crippen LogP contribution in [0.3, 0.4) is 0 Å². The smallest absolute Gasteiger partial charge is 0.357 e. The van der Waals surface area contributed by atoms with Gasteiger partial charge >= 0.3 is 6.18 Å². The fraction of sp³-hybridized carbons (Fsp3) is 0.348. The number of rotatable bonds is 6. The minimum Gasteiger partial charge on any atom is -0.357 e. The van der Waals surface area contributed by atoms with Crippen molar-refractivity contribution in [1.29, 1.82) is 0 Å². The molecule has 13 heteroatoms. The van der Waals surface area contributed by atoms with E-state index in [1.807, 2.05) is 6.07 Å². The summed E-state index contributed by atoms with van der Waals surface area (Å²) in [7, 11) is 0. The first-order valence-corrected chi connectivity index (χ1v) is 12.3. The zero-order valence-corrected chi connectivity index (χ0v) is 20.7. The van der Waals surface area contributed by atoms with E-state index in [0.717, 1.165) is 49.3 Å². The molecule has 1 fully saturated rings. The Kier molecular flexibility index (Phi) is 7.74. The lowest BCUT2D eigenvalue weighted by Gasteiger charge is -2.27. The standard InChI is InChI=1S/C23H22ClF3N6O2S/c1-13(30-20(34)16-6-5-7-19(31-16)33-8-3-2-4-9-33)22-29-12-17(36-22)21(35)32-18-10-14(23(25,26)27)15(24)11-28-18/h5-7,10-13H,2-4,8-9H2,1H3,(H,30,34)(H,28,32,35)/t13-/m1/s1. The molecule has 2 N–H and O–H groups in total. The zero-order chi connectivity index (χ0) is 25.9. The van der Waals surface area contributed by atoms with Crippen LogP contribution < -0.4 is 15.5 Å². The highest BCUT2D eigenvalue weighted by Crippen LogP contribution is 2.35. The molecule has 0 unspecified atom stereocenters. The highest BCUT2D eigenvalue weighted by atomic mass is 35.5. The van der Waals surface area contributed by atoms with E-state index in [1.165, 1.54) is 12.6 Å². The Labute approximate surface area is 213 Å². The second-order valence-electron chi connectivity index (χ2n) is 8.19. The van der Waals surface area contributed by atoms with Crippen LogP contribution in [-0.4, -0.2) is 39.9 Å². The van der Waals surface area contributed by atoms with E-state index in [2.05, 4.69) is 30.5 Å². The second kappa shape index (κ2) is 10.8. The third-order valence-corrected chi connectivity index (χ3v) is 6.99. The molecule has 0 saturated carbocycles. The van der Waals surface area contributed by atoms with Crippen molar-refractivity contribution < 1.29 is 22.8 Å². The number of aromatic nitrogens is 3. The first-order chi connectivity index (χ1) is 17.1. The quantitative estimate of drug-likeness (QED) is 0.439. The molecule has 36 heavy (non-hydrogen) atoms. The van der Waals surface area contributed by atoms with Crippen LogP contribution in [0.25, 0.3) is 0 Å². The number of halogens is 4. The van der Waals surface area contributed by atoms with Crippen molar-refractivity contribution in [2.45, 2.75) is 38.4 Å². The van der Waals surface area contributed by atoms with Gasteiger partial charge in [-0.15, -0.1) is 11.3 Å². The number of pyridine rings is 2. The lowest BCUT2D eigenvalue weighted by Crippen LogP contribution is -2.31. The Morgan fingerprint density at radius 2 is 1.86 bits per heavy atom. The van der Waals surface area contributed by atoms with Gasteiger partial charge in [0.15, 0.2) is 0 Å². The van der Waals surface area contributed by atoms with Crippen LogP contribution in [0.4, 0.5) is 24.8 Å². The molecule has 0 radical (unpaired) electrons. The number of carbonyl (C=O) groups is 2. The van der Waals surface area contributed by atoms with E-state index < -0.39 is 28.7 Å². The summed E-state index contributed by atoms with van der Waals surface area (Å²) < 4.78 is 39.2. The predicted molar refractivity (Wildman–Crippen MR) is 130 cm³/mol. The molecule has 3 aromatic heterocycles. The van der Waals surface area contributed by atoms with E-state index in [0.29, 0.717) is 11.1 Å². The highest BCUT2D eigenvalue weighted by molar-refractivity contribution is 7.13. The predicted octanol–water partition coefficient (Wildman–Crippen LogP) is 5.34. The average molecular weight is 539 g/mol. The lowest BCUT2D eigenvalue weighted by atomic mass is 10.1. The van der Waals surface area contributed by atoms with E-state index in [4.69, 9.17) is 11.6 Å². The number of anilines is 2. The summed E-state index contributed by atoms with van der Waals surface area (Å²) in [5.74, 6) is -0.607. The summed E-state index contributed by atoms with van der Waals surface area (Å²) in [6.07, 6.45) is 0.789. The zero-order valence-electron chi connectivity index (χ0n) is 19.1. The normalized spacial score (nSPS) is 14.9. The molecule has 1 saturated heterocycles. The van der Waals surface area contributed by atoms with E-state index in [-0.39, 0.29) is 22.3 Å². The average Bonchev–Trinajstić information content (AvgIpc) is 3.36. The van der Waals surface area contributed by atoms with Gasteiger partial charge in [-0.3, -0.25) is 9.59 Å². The van der Waals surface area contributed by atoms with E-state index >= 15 is 0 Å². The maximum atomic E-state index is 13.1. The van der Waals surface area contributed by atoms with Crippen molar-refractivity contribution in [2.24, 2.45) is 0 Å². The van der Waals surface area contributed by atoms with E-state index in [9.17, 15) is 22.8 Å². The Hall–Kier alpha value is -3.25. The number of nitrogens with one attached hydrogen (secondary N) is 2. The lowest BCUT2D eigenvalue weighted by molar-refractivity contribution is -0.137. The SMILES string of the molecule is C[C@@H](NC(=O)c1cccc(N2CCCCC2)n1)c1ncc(C(=O)Nc2cc(C(F)(F)F)c(Cl)cn2)s1. The number of carbonyl (C=O) groups excluding carboxylic acids is 2. The Bertz CT molecular complexity index is 1260. The topological polar surface area (TPSA) is 100 Å². The summed E-state index contributed by atoms with van der Waals surface area (Å²) in [6, 6.07) is 5.43. The largest absolute Gasteiger partial charge is 0.418 e. The molecule has 2 amide bonds. The number of thiazole rings is 1. The fourth-order valence-corrected chi connectivity index (χ4v) is 4.70. The van der Waals surface area contributed by atoms with Crippen LogP contribution in [0.15, 0.2) is 36.7 Å². The van der Waals surface area contributed by atoms with Gasteiger partial charge in [0.2, 0.25) is 0 Å². The van der Waals surface area contributed by atoms with Gasteiger partial charge in [0.05, 0.1) is 22.8 Å². The maximum Gasteiger partial charge on any atom is 0.418 e. The number of piperidine rings is 1. The van der Waals surface area contributed by atoms with Gasteiger partial charge in [-0.2, -0.15) is 13.2 Å². The molecular formula is C23H22ClF3N6O2S. The number of hydrogen-bond donors (Lipinski definition) is 2. The van der Waals surface area contributed by atoms with Gasteiger partial charge in [0.25, 0.3) is 11.8 Å². The minimum absolute atomic E-state index is 0.140. The van der Waals surface area contributed by atoms with Crippen molar-refractivity contribution in [3.8, 4) is 0 Å². The monoisotopic (exact) mass is 538 g/mol. The molecule has 1 atom stereocenters. The molecule has 0 bridgehead atoms. The van der Waals surface area contributed by atoms with Crippen LogP contribution in [-0.2, 0) is 6.18 Å². The molecule has 3 aromatic rings. The van der Waals surface area contributed by atoms with Gasteiger partial charge in [-0.05, 0) is 44.4 Å². The van der Waals surface area contributed by atoms with Gasteiger partial charge in [-0.1, -0.05) is 17.7 Å². The van der Waals surface area contributed by atoms with Crippen molar-refractivity contribution in [3.05, 3.63) is 62.8 Å². The molecule has 0 aliphatic carbocycles. The maximum absolute atomic E-state index is 13.1. The van der Waals surface area contributed by atoms with Crippen LogP contribution in [0.5, 0.6) is 0 Å². The summed E-state index contributed by atoms with van der Waals surface area (Å²) in [4.78, 5) is 40.0. The summed E-state index contributed by atoms with van der Waals surface area (Å²) in [5, 5.41) is 5.01. The van der Waals surface area contributed by atoms with Crippen molar-refractivity contribution in [2.75, 3.05) is 23.3 Å². The number of hydrogen-bond acceptors (Lipinski definition) is 7. The Balaban J connectivity index is 1.40.